The van der Waals surface area contributed by atoms with Crippen molar-refractivity contribution >= 4 is 5.97 Å². The molecule has 0 amide bonds. The summed E-state index contributed by atoms with van der Waals surface area (Å²) in [5.74, 6) is -0.129. The molecular weight excluding hydrogens is 260 g/mol. The molecule has 0 aliphatic carbocycles. The predicted molar refractivity (Wildman–Crippen MR) is 72.4 cm³/mol. The highest BCUT2D eigenvalue weighted by molar-refractivity contribution is 5.91. The van der Waals surface area contributed by atoms with Gasteiger partial charge in [0.2, 0.25) is 0 Å². The zero-order valence-corrected chi connectivity index (χ0v) is 10.9. The summed E-state index contributed by atoms with van der Waals surface area (Å²) in [6.07, 6.45) is 0. The van der Waals surface area contributed by atoms with Gasteiger partial charge >= 0.3 is 5.97 Å². The molecule has 0 atom stereocenters. The molecular formula is C15H14O5. The van der Waals surface area contributed by atoms with Gasteiger partial charge in [0, 0.05) is 6.07 Å². The summed E-state index contributed by atoms with van der Waals surface area (Å²) in [4.78, 5) is 11.1. The fraction of sp³-hybridized carbons (Fsp3) is 0.133. The van der Waals surface area contributed by atoms with Crippen LogP contribution in [-0.2, 0) is 6.61 Å². The van der Waals surface area contributed by atoms with Crippen LogP contribution in [0, 0.1) is 0 Å². The Morgan fingerprint density at radius 1 is 1.15 bits per heavy atom. The normalized spacial score (nSPS) is 10.1. The maximum absolute atomic E-state index is 11.1. The number of phenolic OH excluding ortho intramolecular Hbond substituents is 1. The van der Waals surface area contributed by atoms with Gasteiger partial charge in [-0.3, -0.25) is 0 Å². The Hall–Kier alpha value is -2.69. The number of ether oxygens (including phenoxy) is 2. The molecule has 0 aliphatic rings. The zero-order valence-electron chi connectivity index (χ0n) is 10.9. The molecule has 0 fully saturated rings. The SMILES string of the molecule is COc1ccc(C(=O)O)c(OCc2ccc(O)cc2)c1. The highest BCUT2D eigenvalue weighted by Gasteiger charge is 2.12. The molecule has 2 aromatic rings. The molecule has 0 unspecified atom stereocenters. The lowest BCUT2D eigenvalue weighted by Gasteiger charge is -2.11. The first-order valence-corrected chi connectivity index (χ1v) is 5.92. The number of benzene rings is 2. The van der Waals surface area contributed by atoms with Crippen LogP contribution in [0.2, 0.25) is 0 Å². The van der Waals surface area contributed by atoms with E-state index in [9.17, 15) is 9.90 Å². The van der Waals surface area contributed by atoms with E-state index in [2.05, 4.69) is 0 Å². The van der Waals surface area contributed by atoms with E-state index in [1.807, 2.05) is 0 Å². The molecule has 0 saturated heterocycles. The van der Waals surface area contributed by atoms with Crippen LogP contribution in [0.5, 0.6) is 17.2 Å². The second-order valence-electron chi connectivity index (χ2n) is 4.12. The first kappa shape index (κ1) is 13.7. The molecule has 104 valence electrons. The third-order valence-corrected chi connectivity index (χ3v) is 2.75. The van der Waals surface area contributed by atoms with Gasteiger partial charge < -0.3 is 19.7 Å². The summed E-state index contributed by atoms with van der Waals surface area (Å²) >= 11 is 0. The molecule has 0 heterocycles. The second kappa shape index (κ2) is 5.97. The monoisotopic (exact) mass is 274 g/mol. The van der Waals surface area contributed by atoms with Gasteiger partial charge in [-0.05, 0) is 29.8 Å². The highest BCUT2D eigenvalue weighted by Crippen LogP contribution is 2.26. The summed E-state index contributed by atoms with van der Waals surface area (Å²) in [6.45, 7) is 0.202. The Bertz CT molecular complexity index is 604. The van der Waals surface area contributed by atoms with Gasteiger partial charge in [-0.15, -0.1) is 0 Å². The molecule has 5 nitrogen and oxygen atoms in total. The van der Waals surface area contributed by atoms with Crippen LogP contribution in [0.1, 0.15) is 15.9 Å². The van der Waals surface area contributed by atoms with Crippen LogP contribution in [0.3, 0.4) is 0 Å². The number of methoxy groups -OCH3 is 1. The van der Waals surface area contributed by atoms with Crippen LogP contribution in [-0.4, -0.2) is 23.3 Å². The van der Waals surface area contributed by atoms with Gasteiger partial charge in [0.1, 0.15) is 29.4 Å². The molecule has 0 aromatic heterocycles. The Morgan fingerprint density at radius 2 is 1.85 bits per heavy atom. The predicted octanol–water partition coefficient (Wildman–Crippen LogP) is 2.68. The first-order valence-electron chi connectivity index (χ1n) is 5.92. The summed E-state index contributed by atoms with van der Waals surface area (Å²) in [6, 6.07) is 11.0. The molecule has 0 saturated carbocycles. The molecule has 2 N–H and O–H groups in total. The van der Waals surface area contributed by atoms with E-state index in [0.717, 1.165) is 5.56 Å². The minimum Gasteiger partial charge on any atom is -0.508 e. The number of hydrogen-bond acceptors (Lipinski definition) is 4. The van der Waals surface area contributed by atoms with E-state index in [0.29, 0.717) is 5.75 Å². The Kier molecular flexibility index (Phi) is 4.10. The van der Waals surface area contributed by atoms with Crippen LogP contribution in [0.15, 0.2) is 42.5 Å². The molecule has 0 spiro atoms. The molecule has 2 aromatic carbocycles. The summed E-state index contributed by atoms with van der Waals surface area (Å²) in [5.41, 5.74) is 0.895. The van der Waals surface area contributed by atoms with Crippen molar-refractivity contribution in [1.82, 2.24) is 0 Å². The summed E-state index contributed by atoms with van der Waals surface area (Å²) < 4.78 is 10.6. The average molecular weight is 274 g/mol. The lowest BCUT2D eigenvalue weighted by molar-refractivity contribution is 0.0691. The van der Waals surface area contributed by atoms with Gasteiger partial charge in [0.05, 0.1) is 7.11 Å². The van der Waals surface area contributed by atoms with Crippen molar-refractivity contribution in [2.45, 2.75) is 6.61 Å². The van der Waals surface area contributed by atoms with Crippen LogP contribution in [0.4, 0.5) is 0 Å². The van der Waals surface area contributed by atoms with Gasteiger partial charge in [-0.1, -0.05) is 12.1 Å². The van der Waals surface area contributed by atoms with Crippen LogP contribution in [0.25, 0.3) is 0 Å². The van der Waals surface area contributed by atoms with E-state index >= 15 is 0 Å². The van der Waals surface area contributed by atoms with Crippen molar-refractivity contribution in [1.29, 1.82) is 0 Å². The number of rotatable bonds is 5. The zero-order chi connectivity index (χ0) is 14.5. The minimum absolute atomic E-state index is 0.0737. The van der Waals surface area contributed by atoms with Gasteiger partial charge in [0.25, 0.3) is 0 Å². The summed E-state index contributed by atoms with van der Waals surface area (Å²) in [5, 5.41) is 18.3. The Morgan fingerprint density at radius 3 is 2.45 bits per heavy atom. The molecule has 0 aliphatic heterocycles. The molecule has 20 heavy (non-hydrogen) atoms. The minimum atomic E-state index is -1.06. The molecule has 5 heteroatoms. The van der Waals surface area contributed by atoms with Gasteiger partial charge in [0.15, 0.2) is 0 Å². The first-order chi connectivity index (χ1) is 9.60. The number of phenols is 1. The molecule has 0 radical (unpaired) electrons. The topological polar surface area (TPSA) is 76.0 Å². The standard InChI is InChI=1S/C15H14O5/c1-19-12-6-7-13(15(17)18)14(8-12)20-9-10-2-4-11(16)5-3-10/h2-8,16H,9H2,1H3,(H,17,18). The van der Waals surface area contributed by atoms with E-state index in [1.165, 1.54) is 19.2 Å². The largest absolute Gasteiger partial charge is 0.508 e. The van der Waals surface area contributed by atoms with Crippen molar-refractivity contribution in [2.24, 2.45) is 0 Å². The lowest BCUT2D eigenvalue weighted by atomic mass is 10.2. The van der Waals surface area contributed by atoms with Crippen molar-refractivity contribution in [2.75, 3.05) is 7.11 Å². The number of hydrogen-bond donors (Lipinski definition) is 2. The fourth-order valence-electron chi connectivity index (χ4n) is 1.68. The van der Waals surface area contributed by atoms with E-state index in [4.69, 9.17) is 14.6 Å². The van der Waals surface area contributed by atoms with Crippen molar-refractivity contribution in [3.63, 3.8) is 0 Å². The quantitative estimate of drug-likeness (QED) is 0.876. The third kappa shape index (κ3) is 3.20. The Labute approximate surface area is 116 Å². The number of aromatic carboxylic acids is 1. The summed E-state index contributed by atoms with van der Waals surface area (Å²) in [7, 11) is 1.50. The van der Waals surface area contributed by atoms with Gasteiger partial charge in [-0.2, -0.15) is 0 Å². The fourth-order valence-corrected chi connectivity index (χ4v) is 1.68. The van der Waals surface area contributed by atoms with E-state index in [-0.39, 0.29) is 23.7 Å². The second-order valence-corrected chi connectivity index (χ2v) is 4.12. The van der Waals surface area contributed by atoms with Crippen LogP contribution >= 0.6 is 0 Å². The maximum Gasteiger partial charge on any atom is 0.339 e. The smallest absolute Gasteiger partial charge is 0.339 e. The van der Waals surface area contributed by atoms with E-state index < -0.39 is 5.97 Å². The van der Waals surface area contributed by atoms with Crippen molar-refractivity contribution in [3.05, 3.63) is 53.6 Å². The number of carboxylic acid groups (broad SMARTS) is 1. The number of aromatic hydroxyl groups is 1. The number of carboxylic acids is 1. The molecule has 2 rings (SSSR count). The van der Waals surface area contributed by atoms with E-state index in [1.54, 1.807) is 30.3 Å². The van der Waals surface area contributed by atoms with Gasteiger partial charge in [-0.25, -0.2) is 4.79 Å². The Balaban J connectivity index is 2.18. The molecule has 0 bridgehead atoms. The lowest BCUT2D eigenvalue weighted by Crippen LogP contribution is -2.03. The van der Waals surface area contributed by atoms with Crippen LogP contribution < -0.4 is 9.47 Å². The maximum atomic E-state index is 11.1. The highest BCUT2D eigenvalue weighted by atomic mass is 16.5. The average Bonchev–Trinajstić information content (AvgIpc) is 2.46. The van der Waals surface area contributed by atoms with Crippen molar-refractivity contribution < 1.29 is 24.5 Å². The van der Waals surface area contributed by atoms with Crippen molar-refractivity contribution in [3.8, 4) is 17.2 Å². The number of carbonyl (C=O) groups is 1. The third-order valence-electron chi connectivity index (χ3n) is 2.75.